The van der Waals surface area contributed by atoms with Crippen molar-refractivity contribution >= 4 is 5.78 Å². The van der Waals surface area contributed by atoms with Gasteiger partial charge in [0, 0.05) is 12.8 Å². The van der Waals surface area contributed by atoms with Gasteiger partial charge in [-0.1, -0.05) is 13.8 Å². The molecule has 0 aromatic heterocycles. The maximum absolute atomic E-state index is 12.1. The quantitative estimate of drug-likeness (QED) is 0.723. The molecule has 0 aromatic rings. The van der Waals surface area contributed by atoms with Crippen molar-refractivity contribution < 1.29 is 15.0 Å². The van der Waals surface area contributed by atoms with Gasteiger partial charge in [-0.25, -0.2) is 0 Å². The van der Waals surface area contributed by atoms with Gasteiger partial charge in [0.25, 0.3) is 0 Å². The van der Waals surface area contributed by atoms with Crippen LogP contribution in [-0.2, 0) is 4.79 Å². The van der Waals surface area contributed by atoms with Crippen molar-refractivity contribution in [2.75, 3.05) is 0 Å². The van der Waals surface area contributed by atoms with Crippen molar-refractivity contribution in [3.05, 3.63) is 0 Å². The van der Waals surface area contributed by atoms with Crippen LogP contribution in [0.25, 0.3) is 0 Å². The molecule has 8 atom stereocenters. The van der Waals surface area contributed by atoms with Crippen LogP contribution in [0, 0.1) is 34.5 Å². The van der Waals surface area contributed by atoms with E-state index in [1.165, 1.54) is 12.8 Å². The van der Waals surface area contributed by atoms with Gasteiger partial charge in [-0.3, -0.25) is 4.79 Å². The standard InChI is InChI=1S/C19H30O3/c1-18-6-5-14-13(16(18)7-12(21)9-18)8-17(22)15-4-3-11(20)10-19(14,15)2/h12-17,21-22H,3-10H2,1-2H3. The summed E-state index contributed by atoms with van der Waals surface area (Å²) in [5.74, 6) is 2.30. The molecule has 0 amide bonds. The van der Waals surface area contributed by atoms with Crippen molar-refractivity contribution in [3.8, 4) is 0 Å². The first-order chi connectivity index (χ1) is 10.3. The lowest BCUT2D eigenvalue weighted by Gasteiger charge is -2.60. The van der Waals surface area contributed by atoms with Gasteiger partial charge in [-0.15, -0.1) is 0 Å². The summed E-state index contributed by atoms with van der Waals surface area (Å²) in [4.78, 5) is 12.1. The van der Waals surface area contributed by atoms with Crippen LogP contribution in [0.5, 0.6) is 0 Å². The third kappa shape index (κ3) is 1.97. The molecule has 0 spiro atoms. The molecule has 0 radical (unpaired) electrons. The first kappa shape index (κ1) is 15.1. The summed E-state index contributed by atoms with van der Waals surface area (Å²) >= 11 is 0. The molecule has 0 heterocycles. The van der Waals surface area contributed by atoms with Crippen molar-refractivity contribution in [3.63, 3.8) is 0 Å². The van der Waals surface area contributed by atoms with Gasteiger partial charge in [0.15, 0.2) is 0 Å². The SMILES string of the molecule is CC12CCC3C(CC(O)C4CCC(=O)CC43C)C1CC(O)C2. The molecule has 0 saturated heterocycles. The molecule has 4 aliphatic carbocycles. The van der Waals surface area contributed by atoms with Crippen LogP contribution in [0.3, 0.4) is 0 Å². The Hall–Kier alpha value is -0.410. The van der Waals surface area contributed by atoms with Crippen LogP contribution >= 0.6 is 0 Å². The molecule has 0 bridgehead atoms. The van der Waals surface area contributed by atoms with Crippen molar-refractivity contribution in [1.82, 2.24) is 0 Å². The predicted octanol–water partition coefficient (Wildman–Crippen LogP) is 2.93. The summed E-state index contributed by atoms with van der Waals surface area (Å²) in [5, 5.41) is 21.0. The molecule has 4 rings (SSSR count). The number of aliphatic hydroxyl groups is 2. The number of hydrogen-bond acceptors (Lipinski definition) is 3. The monoisotopic (exact) mass is 306 g/mol. The van der Waals surface area contributed by atoms with Crippen LogP contribution < -0.4 is 0 Å². The Bertz CT molecular complexity index is 489. The van der Waals surface area contributed by atoms with E-state index >= 15 is 0 Å². The Morgan fingerprint density at radius 2 is 1.82 bits per heavy atom. The highest BCUT2D eigenvalue weighted by Gasteiger charge is 2.61. The minimum absolute atomic E-state index is 0.00740. The van der Waals surface area contributed by atoms with E-state index in [2.05, 4.69) is 13.8 Å². The highest BCUT2D eigenvalue weighted by atomic mass is 16.3. The zero-order valence-electron chi connectivity index (χ0n) is 13.9. The average molecular weight is 306 g/mol. The number of aliphatic hydroxyl groups excluding tert-OH is 2. The number of carbonyl (C=O) groups excluding carboxylic acids is 1. The van der Waals surface area contributed by atoms with Crippen LogP contribution in [0.1, 0.15) is 65.2 Å². The zero-order chi connectivity index (χ0) is 15.7. The first-order valence-corrected chi connectivity index (χ1v) is 9.21. The molecular weight excluding hydrogens is 276 g/mol. The highest BCUT2D eigenvalue weighted by Crippen LogP contribution is 2.65. The molecule has 0 aliphatic heterocycles. The fourth-order valence-electron chi connectivity index (χ4n) is 7.23. The molecule has 4 aliphatic rings. The fraction of sp³-hybridized carbons (Fsp3) is 0.947. The molecule has 124 valence electrons. The van der Waals surface area contributed by atoms with Gasteiger partial charge < -0.3 is 10.2 Å². The smallest absolute Gasteiger partial charge is 0.133 e. The molecule has 22 heavy (non-hydrogen) atoms. The predicted molar refractivity (Wildman–Crippen MR) is 84.1 cm³/mol. The van der Waals surface area contributed by atoms with Gasteiger partial charge >= 0.3 is 0 Å². The Morgan fingerprint density at radius 1 is 1.05 bits per heavy atom. The maximum Gasteiger partial charge on any atom is 0.133 e. The molecule has 2 N–H and O–H groups in total. The number of fused-ring (bicyclic) bond motifs is 5. The lowest BCUT2D eigenvalue weighted by atomic mass is 9.44. The second-order valence-electron chi connectivity index (χ2n) is 9.33. The Balaban J connectivity index is 1.69. The first-order valence-electron chi connectivity index (χ1n) is 9.21. The van der Waals surface area contributed by atoms with Gasteiger partial charge in [-0.05, 0) is 73.0 Å². The van der Waals surface area contributed by atoms with Gasteiger partial charge in [0.1, 0.15) is 5.78 Å². The van der Waals surface area contributed by atoms with Gasteiger partial charge in [0.05, 0.1) is 12.2 Å². The van der Waals surface area contributed by atoms with Crippen molar-refractivity contribution in [2.24, 2.45) is 34.5 Å². The van der Waals surface area contributed by atoms with Crippen LogP contribution in [0.15, 0.2) is 0 Å². The average Bonchev–Trinajstić information content (AvgIpc) is 2.72. The third-order valence-corrected chi connectivity index (χ3v) is 8.17. The molecule has 3 nitrogen and oxygen atoms in total. The summed E-state index contributed by atoms with van der Waals surface area (Å²) < 4.78 is 0. The number of rotatable bonds is 0. The molecule has 0 aromatic carbocycles. The normalized spacial score (nSPS) is 57.9. The number of hydrogen-bond donors (Lipinski definition) is 2. The van der Waals surface area contributed by atoms with E-state index in [0.29, 0.717) is 42.3 Å². The van der Waals surface area contributed by atoms with E-state index < -0.39 is 0 Å². The molecule has 4 saturated carbocycles. The van der Waals surface area contributed by atoms with Crippen LogP contribution in [-0.4, -0.2) is 28.2 Å². The van der Waals surface area contributed by atoms with E-state index in [0.717, 1.165) is 25.7 Å². The molecular formula is C19H30O3. The molecule has 8 unspecified atom stereocenters. The second kappa shape index (κ2) is 4.80. The third-order valence-electron chi connectivity index (χ3n) is 8.17. The lowest BCUT2D eigenvalue weighted by molar-refractivity contribution is -0.162. The van der Waals surface area contributed by atoms with Crippen molar-refractivity contribution in [2.45, 2.75) is 77.4 Å². The largest absolute Gasteiger partial charge is 0.393 e. The molecule has 3 heteroatoms. The summed E-state index contributed by atoms with van der Waals surface area (Å²) in [6.45, 7) is 4.62. The Labute approximate surface area is 133 Å². The van der Waals surface area contributed by atoms with Crippen LogP contribution in [0.4, 0.5) is 0 Å². The summed E-state index contributed by atoms with van der Waals surface area (Å²) in [7, 11) is 0. The highest BCUT2D eigenvalue weighted by molar-refractivity contribution is 5.80. The summed E-state index contributed by atoms with van der Waals surface area (Å²) in [6.07, 6.45) is 6.88. The lowest BCUT2D eigenvalue weighted by Crippen LogP contribution is -2.57. The fourth-order valence-corrected chi connectivity index (χ4v) is 7.23. The number of Topliss-reactive ketones (excluding diaryl/α,β-unsaturated/α-hetero) is 1. The minimum atomic E-state index is -0.251. The zero-order valence-corrected chi connectivity index (χ0v) is 13.9. The topological polar surface area (TPSA) is 57.5 Å². The Kier molecular flexibility index (Phi) is 3.30. The van der Waals surface area contributed by atoms with Crippen LogP contribution in [0.2, 0.25) is 0 Å². The Morgan fingerprint density at radius 3 is 2.59 bits per heavy atom. The van der Waals surface area contributed by atoms with Crippen molar-refractivity contribution in [1.29, 1.82) is 0 Å². The van der Waals surface area contributed by atoms with Gasteiger partial charge in [0.2, 0.25) is 0 Å². The summed E-state index contributed by atoms with van der Waals surface area (Å²) in [6, 6.07) is 0. The number of ketones is 1. The summed E-state index contributed by atoms with van der Waals surface area (Å²) in [5.41, 5.74) is 0.245. The second-order valence-corrected chi connectivity index (χ2v) is 9.33. The number of carbonyl (C=O) groups is 1. The van der Waals surface area contributed by atoms with E-state index in [4.69, 9.17) is 0 Å². The minimum Gasteiger partial charge on any atom is -0.393 e. The molecule has 4 fully saturated rings. The van der Waals surface area contributed by atoms with E-state index in [9.17, 15) is 15.0 Å². The maximum atomic E-state index is 12.1. The van der Waals surface area contributed by atoms with E-state index in [-0.39, 0.29) is 23.0 Å². The van der Waals surface area contributed by atoms with Gasteiger partial charge in [-0.2, -0.15) is 0 Å². The van der Waals surface area contributed by atoms with E-state index in [1.807, 2.05) is 0 Å². The van der Waals surface area contributed by atoms with E-state index in [1.54, 1.807) is 0 Å².